The van der Waals surface area contributed by atoms with E-state index in [4.69, 9.17) is 10.5 Å². The van der Waals surface area contributed by atoms with Gasteiger partial charge < -0.3 is 15.8 Å². The maximum absolute atomic E-state index is 11.5. The molecule has 1 rings (SSSR count). The van der Waals surface area contributed by atoms with Crippen LogP contribution < -0.4 is 11.1 Å². The smallest absolute Gasteiger partial charge is 0.338 e. The van der Waals surface area contributed by atoms with Gasteiger partial charge in [0.15, 0.2) is 6.61 Å². The molecule has 1 aromatic rings. The summed E-state index contributed by atoms with van der Waals surface area (Å²) in [6, 6.07) is 4.72. The molecule has 0 radical (unpaired) electrons. The van der Waals surface area contributed by atoms with Crippen LogP contribution in [-0.4, -0.2) is 25.5 Å². The van der Waals surface area contributed by atoms with E-state index in [1.807, 2.05) is 0 Å². The molecule has 16 heavy (non-hydrogen) atoms. The first-order valence-corrected chi connectivity index (χ1v) is 5.26. The zero-order chi connectivity index (χ0) is 12.1. The molecule has 0 spiro atoms. The Bertz CT molecular complexity index is 400. The molecule has 0 aromatic heterocycles. The van der Waals surface area contributed by atoms with Crippen molar-refractivity contribution in [3.63, 3.8) is 0 Å². The Morgan fingerprint density at radius 1 is 1.44 bits per heavy atom. The SMILES string of the molecule is CNC(=O)COC(=O)c1cc(N)cc(Br)c1. The van der Waals surface area contributed by atoms with Gasteiger partial charge in [-0.15, -0.1) is 0 Å². The highest BCUT2D eigenvalue weighted by Gasteiger charge is 2.10. The second-order valence-electron chi connectivity index (χ2n) is 3.02. The van der Waals surface area contributed by atoms with E-state index in [0.717, 1.165) is 0 Å². The van der Waals surface area contributed by atoms with Gasteiger partial charge in [0.05, 0.1) is 5.56 Å². The van der Waals surface area contributed by atoms with Gasteiger partial charge in [-0.05, 0) is 18.2 Å². The van der Waals surface area contributed by atoms with Gasteiger partial charge in [-0.2, -0.15) is 0 Å². The number of halogens is 1. The molecule has 6 heteroatoms. The van der Waals surface area contributed by atoms with E-state index in [9.17, 15) is 9.59 Å². The summed E-state index contributed by atoms with van der Waals surface area (Å²) in [5.41, 5.74) is 6.31. The molecule has 0 heterocycles. The number of benzene rings is 1. The van der Waals surface area contributed by atoms with Crippen molar-refractivity contribution in [3.05, 3.63) is 28.2 Å². The summed E-state index contributed by atoms with van der Waals surface area (Å²) >= 11 is 3.21. The minimum Gasteiger partial charge on any atom is -0.452 e. The van der Waals surface area contributed by atoms with Crippen LogP contribution in [0.1, 0.15) is 10.4 Å². The van der Waals surface area contributed by atoms with Crippen LogP contribution >= 0.6 is 15.9 Å². The zero-order valence-corrected chi connectivity index (χ0v) is 10.2. The lowest BCUT2D eigenvalue weighted by Crippen LogP contribution is -2.25. The van der Waals surface area contributed by atoms with Crippen molar-refractivity contribution in [2.24, 2.45) is 0 Å². The van der Waals surface area contributed by atoms with Crippen LogP contribution in [-0.2, 0) is 9.53 Å². The second kappa shape index (κ2) is 5.50. The molecule has 3 N–H and O–H groups in total. The van der Waals surface area contributed by atoms with E-state index in [1.165, 1.54) is 13.1 Å². The summed E-state index contributed by atoms with van der Waals surface area (Å²) in [5, 5.41) is 2.34. The molecule has 0 fully saturated rings. The Hall–Kier alpha value is -1.56. The van der Waals surface area contributed by atoms with E-state index < -0.39 is 5.97 Å². The quantitative estimate of drug-likeness (QED) is 0.640. The molecule has 5 nitrogen and oxygen atoms in total. The number of likely N-dealkylation sites (N-methyl/N-ethyl adjacent to an activating group) is 1. The average molecular weight is 287 g/mol. The summed E-state index contributed by atoms with van der Waals surface area (Å²) in [5.74, 6) is -0.951. The van der Waals surface area contributed by atoms with E-state index in [0.29, 0.717) is 15.7 Å². The molecule has 1 amide bonds. The van der Waals surface area contributed by atoms with E-state index in [-0.39, 0.29) is 12.5 Å². The predicted molar refractivity (Wildman–Crippen MR) is 62.9 cm³/mol. The van der Waals surface area contributed by atoms with Crippen molar-refractivity contribution in [2.45, 2.75) is 0 Å². The third-order valence-electron chi connectivity index (χ3n) is 1.77. The number of hydrogen-bond donors (Lipinski definition) is 2. The summed E-state index contributed by atoms with van der Waals surface area (Å²) in [7, 11) is 1.47. The topological polar surface area (TPSA) is 81.4 Å². The van der Waals surface area contributed by atoms with Gasteiger partial charge in [0.1, 0.15) is 0 Å². The molecule has 0 aliphatic rings. The van der Waals surface area contributed by atoms with Gasteiger partial charge >= 0.3 is 5.97 Å². The van der Waals surface area contributed by atoms with Crippen LogP contribution in [0.3, 0.4) is 0 Å². The number of amides is 1. The molecular formula is C10H11BrN2O3. The predicted octanol–water partition coefficient (Wildman–Crippen LogP) is 0.934. The van der Waals surface area contributed by atoms with Crippen LogP contribution in [0, 0.1) is 0 Å². The fraction of sp³-hybridized carbons (Fsp3) is 0.200. The van der Waals surface area contributed by atoms with E-state index >= 15 is 0 Å². The number of nitrogens with one attached hydrogen (secondary N) is 1. The Morgan fingerprint density at radius 2 is 2.12 bits per heavy atom. The Labute approximate surface area is 101 Å². The Kier molecular flexibility index (Phi) is 4.30. The summed E-state index contributed by atoms with van der Waals surface area (Å²) < 4.78 is 5.44. The molecule has 0 unspecified atom stereocenters. The fourth-order valence-electron chi connectivity index (χ4n) is 1.02. The lowest BCUT2D eigenvalue weighted by molar-refractivity contribution is -0.123. The number of hydrogen-bond acceptors (Lipinski definition) is 4. The lowest BCUT2D eigenvalue weighted by Gasteiger charge is -2.05. The van der Waals surface area contributed by atoms with Gasteiger partial charge in [0.2, 0.25) is 0 Å². The van der Waals surface area contributed by atoms with Gasteiger partial charge in [-0.25, -0.2) is 4.79 Å². The first-order valence-electron chi connectivity index (χ1n) is 4.46. The highest BCUT2D eigenvalue weighted by Crippen LogP contribution is 2.17. The van der Waals surface area contributed by atoms with Crippen molar-refractivity contribution in [3.8, 4) is 0 Å². The molecule has 0 saturated carbocycles. The number of rotatable bonds is 3. The first kappa shape index (κ1) is 12.5. The van der Waals surface area contributed by atoms with Crippen LogP contribution in [0.25, 0.3) is 0 Å². The number of anilines is 1. The summed E-state index contributed by atoms with van der Waals surface area (Å²) in [6.45, 7) is -0.304. The van der Waals surface area contributed by atoms with Crippen LogP contribution in [0.4, 0.5) is 5.69 Å². The first-order chi connectivity index (χ1) is 7.52. The number of nitrogens with two attached hydrogens (primary N) is 1. The maximum atomic E-state index is 11.5. The molecular weight excluding hydrogens is 276 g/mol. The second-order valence-corrected chi connectivity index (χ2v) is 3.94. The highest BCUT2D eigenvalue weighted by atomic mass is 79.9. The largest absolute Gasteiger partial charge is 0.452 e. The monoisotopic (exact) mass is 286 g/mol. The van der Waals surface area contributed by atoms with Crippen molar-refractivity contribution in [1.29, 1.82) is 0 Å². The number of ether oxygens (including phenoxy) is 1. The zero-order valence-electron chi connectivity index (χ0n) is 8.62. The molecule has 0 aliphatic heterocycles. The number of carbonyl (C=O) groups is 2. The number of esters is 1. The minimum atomic E-state index is -0.586. The minimum absolute atomic E-state index is 0.302. The standard InChI is InChI=1S/C10H11BrN2O3/c1-13-9(14)5-16-10(15)6-2-7(11)4-8(12)3-6/h2-4H,5,12H2,1H3,(H,13,14). The van der Waals surface area contributed by atoms with Crippen LogP contribution in [0.15, 0.2) is 22.7 Å². The van der Waals surface area contributed by atoms with Gasteiger partial charge in [0, 0.05) is 17.2 Å². The normalized spacial score (nSPS) is 9.62. The molecule has 0 aliphatic carbocycles. The average Bonchev–Trinajstić information content (AvgIpc) is 2.23. The van der Waals surface area contributed by atoms with Crippen molar-refractivity contribution in [2.75, 3.05) is 19.4 Å². The fourth-order valence-corrected chi connectivity index (χ4v) is 1.53. The summed E-state index contributed by atoms with van der Waals surface area (Å²) in [4.78, 5) is 22.4. The maximum Gasteiger partial charge on any atom is 0.338 e. The van der Waals surface area contributed by atoms with Crippen LogP contribution in [0.2, 0.25) is 0 Å². The third-order valence-corrected chi connectivity index (χ3v) is 2.23. The molecule has 0 saturated heterocycles. The van der Waals surface area contributed by atoms with E-state index in [1.54, 1.807) is 12.1 Å². The Balaban J connectivity index is 2.69. The Morgan fingerprint density at radius 3 is 2.69 bits per heavy atom. The van der Waals surface area contributed by atoms with Crippen molar-refractivity contribution < 1.29 is 14.3 Å². The molecule has 0 atom stereocenters. The van der Waals surface area contributed by atoms with Crippen molar-refractivity contribution in [1.82, 2.24) is 5.32 Å². The highest BCUT2D eigenvalue weighted by molar-refractivity contribution is 9.10. The number of carbonyl (C=O) groups excluding carboxylic acids is 2. The van der Waals surface area contributed by atoms with Crippen LogP contribution in [0.5, 0.6) is 0 Å². The van der Waals surface area contributed by atoms with Crippen molar-refractivity contribution >= 4 is 33.5 Å². The lowest BCUT2D eigenvalue weighted by atomic mass is 10.2. The third kappa shape index (κ3) is 3.54. The van der Waals surface area contributed by atoms with E-state index in [2.05, 4.69) is 21.2 Å². The van der Waals surface area contributed by atoms with Gasteiger partial charge in [-0.3, -0.25) is 4.79 Å². The summed E-state index contributed by atoms with van der Waals surface area (Å²) in [6.07, 6.45) is 0. The molecule has 1 aromatic carbocycles. The van der Waals surface area contributed by atoms with Gasteiger partial charge in [0.25, 0.3) is 5.91 Å². The van der Waals surface area contributed by atoms with Gasteiger partial charge in [-0.1, -0.05) is 15.9 Å². The number of nitrogen functional groups attached to an aromatic ring is 1. The molecule has 0 bridgehead atoms. The molecule has 86 valence electrons.